The summed E-state index contributed by atoms with van der Waals surface area (Å²) in [7, 11) is 3.76. The number of nitrogens with zero attached hydrogens (tertiary/aromatic N) is 3. The Morgan fingerprint density at radius 1 is 1.14 bits per heavy atom. The van der Waals surface area contributed by atoms with Crippen molar-refractivity contribution in [2.45, 2.75) is 38.3 Å². The zero-order valence-corrected chi connectivity index (χ0v) is 20.9. The Hall–Kier alpha value is -3.43. The number of hydrogen-bond acceptors (Lipinski definition) is 8. The number of likely N-dealkylation sites (N-methyl/N-ethyl adjacent to an activating group) is 1. The first-order valence-electron chi connectivity index (χ1n) is 12.3. The van der Waals surface area contributed by atoms with Crippen molar-refractivity contribution in [2.24, 2.45) is 0 Å². The van der Waals surface area contributed by atoms with Crippen LogP contribution in [0.4, 0.5) is 0 Å². The highest BCUT2D eigenvalue weighted by Crippen LogP contribution is 2.20. The summed E-state index contributed by atoms with van der Waals surface area (Å²) in [5, 5.41) is 6.95. The number of benzene rings is 2. The van der Waals surface area contributed by atoms with Crippen LogP contribution in [-0.4, -0.2) is 67.5 Å². The van der Waals surface area contributed by atoms with Gasteiger partial charge in [-0.1, -0.05) is 17.3 Å². The van der Waals surface area contributed by atoms with Crippen LogP contribution in [0.15, 0.2) is 53.1 Å². The molecule has 3 aromatic rings. The van der Waals surface area contributed by atoms with Crippen molar-refractivity contribution in [3.63, 3.8) is 0 Å². The highest BCUT2D eigenvalue weighted by atomic mass is 16.5. The lowest BCUT2D eigenvalue weighted by Crippen LogP contribution is -2.38. The number of carbonyl (C=O) groups excluding carboxylic acids is 1. The summed E-state index contributed by atoms with van der Waals surface area (Å²) in [5.74, 6) is 2.40. The predicted octanol–water partition coefficient (Wildman–Crippen LogP) is 3.48. The number of aryl methyl sites for hydroxylation is 1. The van der Waals surface area contributed by atoms with Gasteiger partial charge < -0.3 is 24.1 Å². The smallest absolute Gasteiger partial charge is 0.227 e. The maximum absolute atomic E-state index is 12.4. The van der Waals surface area contributed by atoms with Crippen molar-refractivity contribution < 1.29 is 23.5 Å². The standard InChI is InChI=1S/C27H34N4O5/c1-31(22-12-15-34-16-13-22)14-17-35-24-5-3-4-20(18-24)19-28-25(32)10-11-26-29-27(30-36-26)21-6-8-23(33-2)9-7-21/h3-9,18,22H,10-17,19H2,1-2H3,(H,28,32). The van der Waals surface area contributed by atoms with Gasteiger partial charge in [0.2, 0.25) is 17.6 Å². The van der Waals surface area contributed by atoms with Crippen LogP contribution in [0.3, 0.4) is 0 Å². The summed E-state index contributed by atoms with van der Waals surface area (Å²) in [5.41, 5.74) is 1.81. The van der Waals surface area contributed by atoms with E-state index in [4.69, 9.17) is 18.7 Å². The molecule has 0 unspecified atom stereocenters. The normalized spacial score (nSPS) is 14.1. The number of amides is 1. The zero-order valence-electron chi connectivity index (χ0n) is 20.9. The van der Waals surface area contributed by atoms with Crippen LogP contribution in [0, 0.1) is 0 Å². The second-order valence-corrected chi connectivity index (χ2v) is 8.84. The fourth-order valence-electron chi connectivity index (χ4n) is 4.08. The lowest BCUT2D eigenvalue weighted by molar-refractivity contribution is -0.121. The lowest BCUT2D eigenvalue weighted by Gasteiger charge is -2.31. The molecule has 1 aliphatic heterocycles. The highest BCUT2D eigenvalue weighted by Gasteiger charge is 2.18. The van der Waals surface area contributed by atoms with E-state index >= 15 is 0 Å². The zero-order chi connectivity index (χ0) is 25.2. The summed E-state index contributed by atoms with van der Waals surface area (Å²) in [6, 6.07) is 15.8. The molecule has 2 aromatic carbocycles. The van der Waals surface area contributed by atoms with Crippen LogP contribution in [0.5, 0.6) is 11.5 Å². The molecule has 0 saturated carbocycles. The molecule has 9 heteroatoms. The summed E-state index contributed by atoms with van der Waals surface area (Å²) < 4.78 is 21.8. The van der Waals surface area contributed by atoms with Crippen molar-refractivity contribution in [1.82, 2.24) is 20.4 Å². The molecule has 1 amide bonds. The van der Waals surface area contributed by atoms with E-state index in [1.54, 1.807) is 7.11 Å². The van der Waals surface area contributed by atoms with E-state index in [1.165, 1.54) is 0 Å². The van der Waals surface area contributed by atoms with Gasteiger partial charge >= 0.3 is 0 Å². The number of rotatable bonds is 12. The van der Waals surface area contributed by atoms with Crippen molar-refractivity contribution in [2.75, 3.05) is 40.5 Å². The Morgan fingerprint density at radius 2 is 1.94 bits per heavy atom. The second-order valence-electron chi connectivity index (χ2n) is 8.84. The summed E-state index contributed by atoms with van der Waals surface area (Å²) in [6.07, 6.45) is 2.78. The molecule has 1 aromatic heterocycles. The molecular formula is C27H34N4O5. The van der Waals surface area contributed by atoms with Gasteiger partial charge in [-0.15, -0.1) is 0 Å². The fourth-order valence-corrected chi connectivity index (χ4v) is 4.08. The molecule has 0 spiro atoms. The third kappa shape index (κ3) is 7.53. The van der Waals surface area contributed by atoms with Crippen LogP contribution in [0.25, 0.3) is 11.4 Å². The monoisotopic (exact) mass is 494 g/mol. The average Bonchev–Trinajstić information content (AvgIpc) is 3.40. The molecule has 0 atom stereocenters. The van der Waals surface area contributed by atoms with Gasteiger partial charge in [0.05, 0.1) is 7.11 Å². The van der Waals surface area contributed by atoms with Crippen molar-refractivity contribution in [1.29, 1.82) is 0 Å². The molecule has 0 bridgehead atoms. The Morgan fingerprint density at radius 3 is 2.72 bits per heavy atom. The molecule has 2 heterocycles. The molecule has 1 aliphatic rings. The lowest BCUT2D eigenvalue weighted by atomic mass is 10.1. The minimum atomic E-state index is -0.0800. The van der Waals surface area contributed by atoms with Crippen molar-refractivity contribution >= 4 is 5.91 Å². The van der Waals surface area contributed by atoms with Crippen molar-refractivity contribution in [3.8, 4) is 22.9 Å². The van der Waals surface area contributed by atoms with Crippen LogP contribution in [0.2, 0.25) is 0 Å². The quantitative estimate of drug-likeness (QED) is 0.409. The summed E-state index contributed by atoms with van der Waals surface area (Å²) in [6.45, 7) is 3.58. The molecule has 1 fully saturated rings. The topological polar surface area (TPSA) is 99.0 Å². The third-order valence-corrected chi connectivity index (χ3v) is 6.30. The molecule has 192 valence electrons. The van der Waals surface area contributed by atoms with E-state index in [0.29, 0.717) is 37.3 Å². The second kappa shape index (κ2) is 13.0. The largest absolute Gasteiger partial charge is 0.497 e. The average molecular weight is 495 g/mol. The van der Waals surface area contributed by atoms with E-state index in [1.807, 2.05) is 48.5 Å². The number of carbonyl (C=O) groups is 1. The Labute approximate surface area is 211 Å². The van der Waals surface area contributed by atoms with Crippen molar-refractivity contribution in [3.05, 3.63) is 60.0 Å². The summed E-state index contributed by atoms with van der Waals surface area (Å²) >= 11 is 0. The number of methoxy groups -OCH3 is 1. The van der Waals surface area contributed by atoms with E-state index in [0.717, 1.165) is 55.2 Å². The Kier molecular flexibility index (Phi) is 9.29. The predicted molar refractivity (Wildman–Crippen MR) is 135 cm³/mol. The first-order valence-corrected chi connectivity index (χ1v) is 12.3. The van der Waals surface area contributed by atoms with Crippen LogP contribution < -0.4 is 14.8 Å². The molecule has 0 aliphatic carbocycles. The van der Waals surface area contributed by atoms with E-state index in [9.17, 15) is 4.79 Å². The first-order chi connectivity index (χ1) is 17.6. The first kappa shape index (κ1) is 25.7. The van der Waals surface area contributed by atoms with Gasteiger partial charge in [-0.25, -0.2) is 0 Å². The van der Waals surface area contributed by atoms with Crippen LogP contribution >= 0.6 is 0 Å². The van der Waals surface area contributed by atoms with Gasteiger partial charge in [0.15, 0.2) is 0 Å². The van der Waals surface area contributed by atoms with Crippen LogP contribution in [0.1, 0.15) is 30.7 Å². The highest BCUT2D eigenvalue weighted by molar-refractivity contribution is 5.76. The molecule has 1 N–H and O–H groups in total. The van der Waals surface area contributed by atoms with Gasteiger partial charge in [0.1, 0.15) is 18.1 Å². The summed E-state index contributed by atoms with van der Waals surface area (Å²) in [4.78, 5) is 19.1. The number of hydrogen-bond donors (Lipinski definition) is 1. The molecule has 0 radical (unpaired) electrons. The minimum absolute atomic E-state index is 0.0800. The molecule has 9 nitrogen and oxygen atoms in total. The maximum atomic E-state index is 12.4. The van der Waals surface area contributed by atoms with Gasteiger partial charge in [0, 0.05) is 50.8 Å². The number of ether oxygens (including phenoxy) is 3. The van der Waals surface area contributed by atoms with Crippen LogP contribution in [-0.2, 0) is 22.5 Å². The van der Waals surface area contributed by atoms with Gasteiger partial charge in [-0.05, 0) is 61.9 Å². The Bertz CT molecular complexity index is 1100. The Balaban J connectivity index is 1.17. The van der Waals surface area contributed by atoms with E-state index in [-0.39, 0.29) is 12.3 Å². The van der Waals surface area contributed by atoms with Gasteiger partial charge in [0.25, 0.3) is 0 Å². The van der Waals surface area contributed by atoms with E-state index in [2.05, 4.69) is 27.4 Å². The number of nitrogens with one attached hydrogen (secondary N) is 1. The molecular weight excluding hydrogens is 460 g/mol. The van der Waals surface area contributed by atoms with Gasteiger partial charge in [-0.2, -0.15) is 4.98 Å². The molecule has 1 saturated heterocycles. The maximum Gasteiger partial charge on any atom is 0.227 e. The third-order valence-electron chi connectivity index (χ3n) is 6.30. The van der Waals surface area contributed by atoms with E-state index < -0.39 is 0 Å². The molecule has 36 heavy (non-hydrogen) atoms. The SMILES string of the molecule is COc1ccc(-c2noc(CCC(=O)NCc3cccc(OCCN(C)C4CCOCC4)c3)n2)cc1. The fraction of sp³-hybridized carbons (Fsp3) is 0.444. The van der Waals surface area contributed by atoms with Gasteiger partial charge in [-0.3, -0.25) is 9.69 Å². The minimum Gasteiger partial charge on any atom is -0.497 e. The molecule has 4 rings (SSSR count). The number of aromatic nitrogens is 2.